The number of nitrogens with zero attached hydrogens (tertiary/aromatic N) is 1. The van der Waals surface area contributed by atoms with Crippen molar-refractivity contribution >= 4 is 28.7 Å². The van der Waals surface area contributed by atoms with Crippen molar-refractivity contribution in [2.75, 3.05) is 0 Å². The highest BCUT2D eigenvalue weighted by Crippen LogP contribution is 2.24. The van der Waals surface area contributed by atoms with E-state index >= 15 is 0 Å². The molecule has 0 radical (unpaired) electrons. The van der Waals surface area contributed by atoms with Crippen molar-refractivity contribution in [3.63, 3.8) is 0 Å². The van der Waals surface area contributed by atoms with Crippen molar-refractivity contribution in [1.29, 1.82) is 0 Å². The first-order chi connectivity index (χ1) is 8.56. The summed E-state index contributed by atoms with van der Waals surface area (Å²) in [4.78, 5) is 15.8. The van der Waals surface area contributed by atoms with Crippen LogP contribution < -0.4 is 4.74 Å². The van der Waals surface area contributed by atoms with Crippen LogP contribution in [0.2, 0.25) is 5.02 Å². The molecule has 0 aliphatic heterocycles. The molecule has 0 N–H and O–H groups in total. The lowest BCUT2D eigenvalue weighted by Crippen LogP contribution is -2.01. The number of halogens is 1. The standard InChI is InChI=1S/C13H12ClNO2S/c1-8-7-18-13(15-8)6-17-12-4-3-10(14)5-11(12)9(2)16/h3-5,7H,6H2,1-2H3. The quantitative estimate of drug-likeness (QED) is 0.798. The van der Waals surface area contributed by atoms with E-state index in [0.717, 1.165) is 10.7 Å². The van der Waals surface area contributed by atoms with Crippen LogP contribution in [0.5, 0.6) is 5.75 Å². The van der Waals surface area contributed by atoms with Crippen LogP contribution >= 0.6 is 22.9 Å². The zero-order valence-corrected chi connectivity index (χ0v) is 11.6. The van der Waals surface area contributed by atoms with Gasteiger partial charge >= 0.3 is 0 Å². The summed E-state index contributed by atoms with van der Waals surface area (Å²) in [6, 6.07) is 5.03. The molecule has 0 fully saturated rings. The zero-order chi connectivity index (χ0) is 13.1. The van der Waals surface area contributed by atoms with Crippen molar-refractivity contribution in [2.24, 2.45) is 0 Å². The van der Waals surface area contributed by atoms with Crippen LogP contribution in [0.15, 0.2) is 23.6 Å². The first kappa shape index (κ1) is 13.1. The van der Waals surface area contributed by atoms with Gasteiger partial charge < -0.3 is 4.74 Å². The normalized spacial score (nSPS) is 10.4. The van der Waals surface area contributed by atoms with E-state index in [1.54, 1.807) is 18.2 Å². The number of aromatic nitrogens is 1. The molecule has 3 nitrogen and oxygen atoms in total. The van der Waals surface area contributed by atoms with Gasteiger partial charge in [-0.1, -0.05) is 11.6 Å². The Hall–Kier alpha value is -1.39. The Morgan fingerprint density at radius 3 is 2.89 bits per heavy atom. The Labute approximate surface area is 114 Å². The van der Waals surface area contributed by atoms with Crippen LogP contribution in [0.4, 0.5) is 0 Å². The molecule has 1 aromatic carbocycles. The van der Waals surface area contributed by atoms with Gasteiger partial charge in [-0.15, -0.1) is 11.3 Å². The first-order valence-electron chi connectivity index (χ1n) is 5.40. The number of ketones is 1. The van der Waals surface area contributed by atoms with Crippen LogP contribution in [0.3, 0.4) is 0 Å². The molecule has 2 rings (SSSR count). The molecular formula is C13H12ClNO2S. The molecule has 1 aromatic heterocycles. The van der Waals surface area contributed by atoms with Crippen molar-refractivity contribution in [2.45, 2.75) is 20.5 Å². The Morgan fingerprint density at radius 1 is 1.50 bits per heavy atom. The number of hydrogen-bond acceptors (Lipinski definition) is 4. The second-order valence-corrected chi connectivity index (χ2v) is 5.25. The highest BCUT2D eigenvalue weighted by molar-refractivity contribution is 7.09. The molecule has 0 aliphatic rings. The number of hydrogen-bond donors (Lipinski definition) is 0. The molecule has 2 aromatic rings. The number of carbonyl (C=O) groups excluding carboxylic acids is 1. The molecule has 0 saturated carbocycles. The fourth-order valence-electron chi connectivity index (χ4n) is 1.51. The van der Waals surface area contributed by atoms with E-state index in [1.807, 2.05) is 12.3 Å². The molecule has 0 bridgehead atoms. The van der Waals surface area contributed by atoms with Crippen LogP contribution in [0.1, 0.15) is 28.0 Å². The van der Waals surface area contributed by atoms with Crippen molar-refractivity contribution < 1.29 is 9.53 Å². The molecule has 5 heteroatoms. The fraction of sp³-hybridized carbons (Fsp3) is 0.231. The van der Waals surface area contributed by atoms with Crippen molar-refractivity contribution in [1.82, 2.24) is 4.98 Å². The SMILES string of the molecule is CC(=O)c1cc(Cl)ccc1OCc1nc(C)cs1. The Balaban J connectivity index is 2.16. The Morgan fingerprint density at radius 2 is 2.28 bits per heavy atom. The molecule has 0 unspecified atom stereocenters. The zero-order valence-electron chi connectivity index (χ0n) is 10.1. The third kappa shape index (κ3) is 3.09. The molecule has 0 saturated heterocycles. The summed E-state index contributed by atoms with van der Waals surface area (Å²) in [5, 5.41) is 3.38. The van der Waals surface area contributed by atoms with Gasteiger partial charge in [0, 0.05) is 16.1 Å². The average Bonchev–Trinajstić information content (AvgIpc) is 2.73. The van der Waals surface area contributed by atoms with Gasteiger partial charge in [0.05, 0.1) is 5.56 Å². The van der Waals surface area contributed by atoms with E-state index in [4.69, 9.17) is 16.3 Å². The van der Waals surface area contributed by atoms with Crippen LogP contribution in [-0.2, 0) is 6.61 Å². The van der Waals surface area contributed by atoms with Gasteiger partial charge in [-0.25, -0.2) is 4.98 Å². The molecule has 0 atom stereocenters. The Kier molecular flexibility index (Phi) is 3.99. The monoisotopic (exact) mass is 281 g/mol. The van der Waals surface area contributed by atoms with Crippen LogP contribution in [-0.4, -0.2) is 10.8 Å². The third-order valence-corrected chi connectivity index (χ3v) is 3.51. The van der Waals surface area contributed by atoms with Gasteiger partial charge in [-0.05, 0) is 32.0 Å². The molecule has 94 valence electrons. The van der Waals surface area contributed by atoms with Gasteiger partial charge in [-0.3, -0.25) is 4.79 Å². The first-order valence-corrected chi connectivity index (χ1v) is 6.66. The number of rotatable bonds is 4. The second kappa shape index (κ2) is 5.50. The number of carbonyl (C=O) groups is 1. The second-order valence-electron chi connectivity index (χ2n) is 3.87. The molecule has 18 heavy (non-hydrogen) atoms. The summed E-state index contributed by atoms with van der Waals surface area (Å²) in [7, 11) is 0. The molecule has 0 amide bonds. The minimum absolute atomic E-state index is 0.0668. The van der Waals surface area contributed by atoms with E-state index in [2.05, 4.69) is 4.98 Å². The number of thiazole rings is 1. The largest absolute Gasteiger partial charge is 0.486 e. The minimum atomic E-state index is -0.0668. The number of ether oxygens (including phenoxy) is 1. The van der Waals surface area contributed by atoms with Gasteiger partial charge in [0.15, 0.2) is 5.78 Å². The van der Waals surface area contributed by atoms with Crippen LogP contribution in [0, 0.1) is 6.92 Å². The highest BCUT2D eigenvalue weighted by atomic mass is 35.5. The van der Waals surface area contributed by atoms with Gasteiger partial charge in [0.1, 0.15) is 17.4 Å². The maximum Gasteiger partial charge on any atom is 0.163 e. The van der Waals surface area contributed by atoms with Crippen LogP contribution in [0.25, 0.3) is 0 Å². The predicted molar refractivity (Wildman–Crippen MR) is 72.6 cm³/mol. The minimum Gasteiger partial charge on any atom is -0.486 e. The summed E-state index contributed by atoms with van der Waals surface area (Å²) in [6.45, 7) is 3.79. The molecule has 0 spiro atoms. The smallest absolute Gasteiger partial charge is 0.163 e. The predicted octanol–water partition coefficient (Wildman–Crippen LogP) is 3.89. The Bertz CT molecular complexity index is 580. The lowest BCUT2D eigenvalue weighted by molar-refractivity contribution is 0.101. The summed E-state index contributed by atoms with van der Waals surface area (Å²) >= 11 is 7.40. The number of aryl methyl sites for hydroxylation is 1. The third-order valence-electron chi connectivity index (χ3n) is 2.34. The average molecular weight is 282 g/mol. The topological polar surface area (TPSA) is 39.2 Å². The highest BCUT2D eigenvalue weighted by Gasteiger charge is 2.10. The van der Waals surface area contributed by atoms with Crippen molar-refractivity contribution in [3.8, 4) is 5.75 Å². The maximum absolute atomic E-state index is 11.5. The number of benzene rings is 1. The lowest BCUT2D eigenvalue weighted by Gasteiger charge is -2.08. The number of Topliss-reactive ketones (excluding diaryl/α,β-unsaturated/α-hetero) is 1. The van der Waals surface area contributed by atoms with E-state index in [9.17, 15) is 4.79 Å². The summed E-state index contributed by atoms with van der Waals surface area (Å²) in [6.07, 6.45) is 0. The van der Waals surface area contributed by atoms with Gasteiger partial charge in [0.25, 0.3) is 0 Å². The maximum atomic E-state index is 11.5. The summed E-state index contributed by atoms with van der Waals surface area (Å²) in [5.74, 6) is 0.475. The molecule has 1 heterocycles. The fourth-order valence-corrected chi connectivity index (χ4v) is 2.37. The van der Waals surface area contributed by atoms with E-state index in [0.29, 0.717) is 22.9 Å². The van der Waals surface area contributed by atoms with E-state index in [1.165, 1.54) is 18.3 Å². The van der Waals surface area contributed by atoms with Gasteiger partial charge in [-0.2, -0.15) is 0 Å². The van der Waals surface area contributed by atoms with Crippen molar-refractivity contribution in [3.05, 3.63) is 44.9 Å². The summed E-state index contributed by atoms with van der Waals surface area (Å²) < 4.78 is 5.62. The lowest BCUT2D eigenvalue weighted by atomic mass is 10.1. The van der Waals surface area contributed by atoms with E-state index in [-0.39, 0.29) is 5.78 Å². The summed E-state index contributed by atoms with van der Waals surface area (Å²) in [5.41, 5.74) is 1.47. The molecular weight excluding hydrogens is 270 g/mol. The van der Waals surface area contributed by atoms with E-state index < -0.39 is 0 Å². The van der Waals surface area contributed by atoms with Gasteiger partial charge in [0.2, 0.25) is 0 Å². The molecule has 0 aliphatic carbocycles.